The van der Waals surface area contributed by atoms with Gasteiger partial charge in [0.1, 0.15) is 5.82 Å². The van der Waals surface area contributed by atoms with Crippen LogP contribution in [0.1, 0.15) is 31.2 Å². The van der Waals surface area contributed by atoms with Gasteiger partial charge in [0.05, 0.1) is 15.9 Å². The molecule has 2 aliphatic rings. The van der Waals surface area contributed by atoms with Gasteiger partial charge in [0.25, 0.3) is 0 Å². The summed E-state index contributed by atoms with van der Waals surface area (Å²) < 4.78 is 66.9. The number of halogens is 1. The van der Waals surface area contributed by atoms with Gasteiger partial charge in [-0.15, -0.1) is 0 Å². The van der Waals surface area contributed by atoms with Crippen molar-refractivity contribution in [1.29, 1.82) is 0 Å². The van der Waals surface area contributed by atoms with Gasteiger partial charge in [0.2, 0.25) is 10.0 Å². The number of sulfonamides is 1. The maximum atomic E-state index is 13.4. The molecule has 2 atom stereocenters. The van der Waals surface area contributed by atoms with Crippen LogP contribution in [0.4, 0.5) is 4.39 Å². The number of sulfone groups is 1. The van der Waals surface area contributed by atoms with Crippen molar-refractivity contribution in [3.63, 3.8) is 0 Å². The number of fused-ring (bicyclic) bond motifs is 2. The summed E-state index contributed by atoms with van der Waals surface area (Å²) in [5.74, 6) is -0.739. The van der Waals surface area contributed by atoms with Gasteiger partial charge < -0.3 is 0 Å². The largest absolute Gasteiger partial charge is 0.223 e. The minimum absolute atomic E-state index is 0.270. The number of hydrogen-bond donors (Lipinski definition) is 0. The number of rotatable bonds is 5. The Balaban J connectivity index is 1.56. The van der Waals surface area contributed by atoms with Crippen LogP contribution in [0.15, 0.2) is 59.5 Å². The number of piperidine rings is 1. The Morgan fingerprint density at radius 3 is 2.14 bits per heavy atom. The smallest absolute Gasteiger partial charge is 0.218 e. The Kier molecular flexibility index (Phi) is 5.05. The van der Waals surface area contributed by atoms with E-state index in [0.29, 0.717) is 31.2 Å². The molecule has 2 aromatic carbocycles. The monoisotopic (exact) mass is 423 g/mol. The molecule has 2 saturated heterocycles. The predicted molar refractivity (Wildman–Crippen MR) is 104 cm³/mol. The molecule has 5 nitrogen and oxygen atoms in total. The first-order valence-corrected chi connectivity index (χ1v) is 12.5. The Bertz CT molecular complexity index is 1060. The fourth-order valence-corrected chi connectivity index (χ4v) is 8.42. The maximum absolute atomic E-state index is 13.4. The minimum Gasteiger partial charge on any atom is -0.223 e. The van der Waals surface area contributed by atoms with Crippen molar-refractivity contribution in [3.05, 3.63) is 66.0 Å². The van der Waals surface area contributed by atoms with Crippen molar-refractivity contribution >= 4 is 19.9 Å². The van der Waals surface area contributed by atoms with E-state index >= 15 is 0 Å². The van der Waals surface area contributed by atoms with Gasteiger partial charge in [0, 0.05) is 12.1 Å². The van der Waals surface area contributed by atoms with Gasteiger partial charge in [0.15, 0.2) is 9.84 Å². The zero-order valence-electron chi connectivity index (χ0n) is 15.2. The lowest BCUT2D eigenvalue weighted by Gasteiger charge is -2.37. The molecule has 0 radical (unpaired) electrons. The van der Waals surface area contributed by atoms with Crippen molar-refractivity contribution in [3.8, 4) is 0 Å². The molecule has 2 bridgehead atoms. The van der Waals surface area contributed by atoms with E-state index < -0.39 is 30.9 Å². The SMILES string of the molecule is O=S(=O)(c1ccccc1)C1CC2CCC(C1)N2S(=O)(=O)Cc1cccc(F)c1. The van der Waals surface area contributed by atoms with E-state index in [0.717, 1.165) is 0 Å². The number of hydrogen-bond acceptors (Lipinski definition) is 4. The average Bonchev–Trinajstić information content (AvgIpc) is 2.93. The molecule has 0 aliphatic carbocycles. The second-order valence-corrected chi connectivity index (χ2v) is 11.7. The molecule has 2 unspecified atom stereocenters. The fourth-order valence-electron chi connectivity index (χ4n) is 4.51. The molecule has 0 spiro atoms. The van der Waals surface area contributed by atoms with Crippen LogP contribution < -0.4 is 0 Å². The molecule has 4 rings (SSSR count). The molecule has 2 heterocycles. The molecule has 150 valence electrons. The Labute approximate surface area is 165 Å². The van der Waals surface area contributed by atoms with Crippen LogP contribution in [0.25, 0.3) is 0 Å². The van der Waals surface area contributed by atoms with Crippen LogP contribution in [0, 0.1) is 5.82 Å². The van der Waals surface area contributed by atoms with Crippen molar-refractivity contribution in [2.75, 3.05) is 0 Å². The third-order valence-corrected chi connectivity index (χ3v) is 9.82. The van der Waals surface area contributed by atoms with Crippen LogP contribution in [0.2, 0.25) is 0 Å². The Hall–Kier alpha value is -1.77. The maximum Gasteiger partial charge on any atom is 0.218 e. The minimum atomic E-state index is -3.65. The van der Waals surface area contributed by atoms with Gasteiger partial charge in [-0.3, -0.25) is 0 Å². The van der Waals surface area contributed by atoms with E-state index in [1.807, 2.05) is 0 Å². The first-order valence-electron chi connectivity index (χ1n) is 9.32. The highest BCUT2D eigenvalue weighted by Crippen LogP contribution is 2.42. The second-order valence-electron chi connectivity index (χ2n) is 7.55. The lowest BCUT2D eigenvalue weighted by molar-refractivity contribution is 0.248. The Morgan fingerprint density at radius 2 is 1.54 bits per heavy atom. The van der Waals surface area contributed by atoms with Crippen molar-refractivity contribution < 1.29 is 21.2 Å². The van der Waals surface area contributed by atoms with Gasteiger partial charge in [-0.1, -0.05) is 30.3 Å². The van der Waals surface area contributed by atoms with Crippen molar-refractivity contribution in [2.45, 2.75) is 53.7 Å². The lowest BCUT2D eigenvalue weighted by Crippen LogP contribution is -2.49. The molecule has 28 heavy (non-hydrogen) atoms. The summed E-state index contributed by atoms with van der Waals surface area (Å²) in [6.45, 7) is 0. The highest BCUT2D eigenvalue weighted by molar-refractivity contribution is 7.92. The third-order valence-electron chi connectivity index (χ3n) is 5.69. The highest BCUT2D eigenvalue weighted by atomic mass is 32.2. The molecule has 0 N–H and O–H groups in total. The van der Waals surface area contributed by atoms with E-state index in [9.17, 15) is 21.2 Å². The first kappa shape index (κ1) is 19.5. The van der Waals surface area contributed by atoms with Gasteiger partial charge in [-0.2, -0.15) is 4.31 Å². The molecule has 0 aromatic heterocycles. The third kappa shape index (κ3) is 3.60. The van der Waals surface area contributed by atoms with Crippen LogP contribution >= 0.6 is 0 Å². The number of nitrogens with zero attached hydrogens (tertiary/aromatic N) is 1. The van der Waals surface area contributed by atoms with E-state index in [1.54, 1.807) is 36.4 Å². The van der Waals surface area contributed by atoms with Crippen molar-refractivity contribution in [1.82, 2.24) is 4.31 Å². The summed E-state index contributed by atoms with van der Waals surface area (Å²) >= 11 is 0. The quantitative estimate of drug-likeness (QED) is 0.741. The summed E-state index contributed by atoms with van der Waals surface area (Å²) in [6, 6.07) is 13.3. The van der Waals surface area contributed by atoms with Crippen LogP contribution in [-0.4, -0.2) is 38.5 Å². The molecule has 2 aromatic rings. The topological polar surface area (TPSA) is 71.5 Å². The van der Waals surface area contributed by atoms with Gasteiger partial charge >= 0.3 is 0 Å². The fraction of sp³-hybridized carbons (Fsp3) is 0.400. The van der Waals surface area contributed by atoms with E-state index in [4.69, 9.17) is 0 Å². The lowest BCUT2D eigenvalue weighted by atomic mass is 10.1. The van der Waals surface area contributed by atoms with E-state index in [-0.39, 0.29) is 22.7 Å². The molecule has 0 saturated carbocycles. The molecular formula is C20H22FNO4S2. The molecule has 2 fully saturated rings. The van der Waals surface area contributed by atoms with Gasteiger partial charge in [-0.25, -0.2) is 21.2 Å². The summed E-state index contributed by atoms with van der Waals surface area (Å²) in [5, 5.41) is -0.576. The zero-order chi connectivity index (χ0) is 19.9. The molecule has 2 aliphatic heterocycles. The predicted octanol–water partition coefficient (Wildman–Crippen LogP) is 3.12. The Morgan fingerprint density at radius 1 is 0.893 bits per heavy atom. The summed E-state index contributed by atoms with van der Waals surface area (Å²) in [7, 11) is -7.14. The van der Waals surface area contributed by atoms with Crippen LogP contribution in [0.5, 0.6) is 0 Å². The van der Waals surface area contributed by atoms with Crippen molar-refractivity contribution in [2.24, 2.45) is 0 Å². The van der Waals surface area contributed by atoms with Crippen LogP contribution in [0.3, 0.4) is 0 Å². The van der Waals surface area contributed by atoms with Crippen LogP contribution in [-0.2, 0) is 25.6 Å². The molecular weight excluding hydrogens is 401 g/mol. The standard InChI is InChI=1S/C20H22FNO4S2/c21-16-6-4-5-15(11-16)14-27(23,24)22-17-9-10-18(22)13-20(12-17)28(25,26)19-7-2-1-3-8-19/h1-8,11,17-18,20H,9-10,12-14H2. The summed E-state index contributed by atoms with van der Waals surface area (Å²) in [4.78, 5) is 0.287. The van der Waals surface area contributed by atoms with E-state index in [2.05, 4.69) is 0 Å². The van der Waals surface area contributed by atoms with Gasteiger partial charge in [-0.05, 0) is 55.5 Å². The zero-order valence-corrected chi connectivity index (χ0v) is 16.9. The number of benzene rings is 2. The highest BCUT2D eigenvalue weighted by Gasteiger charge is 2.49. The molecule has 8 heteroatoms. The first-order chi connectivity index (χ1) is 13.3. The molecule has 0 amide bonds. The van der Waals surface area contributed by atoms with E-state index in [1.165, 1.54) is 22.5 Å². The summed E-state index contributed by atoms with van der Waals surface area (Å²) in [5.41, 5.74) is 0.401. The average molecular weight is 424 g/mol. The summed E-state index contributed by atoms with van der Waals surface area (Å²) in [6.07, 6.45) is 1.92. The second kappa shape index (κ2) is 7.24. The normalized spacial score (nSPS) is 25.7.